The van der Waals surface area contributed by atoms with Crippen molar-refractivity contribution in [1.29, 1.82) is 0 Å². The van der Waals surface area contributed by atoms with Crippen LogP contribution in [-0.2, 0) is 4.74 Å². The van der Waals surface area contributed by atoms with Crippen LogP contribution in [-0.4, -0.2) is 57.2 Å². The summed E-state index contributed by atoms with van der Waals surface area (Å²) in [6.45, 7) is 3.57. The maximum absolute atomic E-state index is 12.2. The molecule has 1 unspecified atom stereocenters. The van der Waals surface area contributed by atoms with Crippen molar-refractivity contribution in [3.8, 4) is 5.88 Å². The monoisotopic (exact) mass is 330 g/mol. The van der Waals surface area contributed by atoms with E-state index in [1.807, 2.05) is 6.92 Å². The second kappa shape index (κ2) is 5.86. The first-order chi connectivity index (χ1) is 11.6. The fraction of sp³-hybridized carbons (Fsp3) is 0.500. The summed E-state index contributed by atoms with van der Waals surface area (Å²) in [6.07, 6.45) is 7.47. The van der Waals surface area contributed by atoms with Crippen molar-refractivity contribution in [1.82, 2.24) is 19.9 Å². The molecule has 0 aliphatic carbocycles. The minimum absolute atomic E-state index is 0.0131. The number of likely N-dealkylation sites (tertiary alicyclic amines) is 1. The Morgan fingerprint density at radius 3 is 3.04 bits per heavy atom. The predicted octanol–water partition coefficient (Wildman–Crippen LogP) is 1.23. The first-order valence-electron chi connectivity index (χ1n) is 7.90. The van der Waals surface area contributed by atoms with Gasteiger partial charge in [-0.3, -0.25) is 9.78 Å². The standard InChI is InChI=1S/C16H18N4O4/c1-11-5-17-6-14(19-11)24-12-2-3-23-16(4-12)8-20(9-16)15(21)13-7-22-10-18-13/h5-7,10,12H,2-4,8-9H2,1H3. The van der Waals surface area contributed by atoms with Gasteiger partial charge in [0.15, 0.2) is 12.1 Å². The van der Waals surface area contributed by atoms with E-state index in [-0.39, 0.29) is 17.6 Å². The second-order valence-corrected chi connectivity index (χ2v) is 6.30. The average molecular weight is 330 g/mol. The highest BCUT2D eigenvalue weighted by atomic mass is 16.5. The van der Waals surface area contributed by atoms with Crippen LogP contribution in [0, 0.1) is 6.92 Å². The van der Waals surface area contributed by atoms with Crippen molar-refractivity contribution in [2.24, 2.45) is 0 Å². The normalized spacial score (nSPS) is 22.2. The molecule has 0 N–H and O–H groups in total. The molecule has 2 aromatic heterocycles. The van der Waals surface area contributed by atoms with Gasteiger partial charge in [-0.1, -0.05) is 0 Å². The molecule has 1 spiro atoms. The van der Waals surface area contributed by atoms with Crippen molar-refractivity contribution in [2.75, 3.05) is 19.7 Å². The summed E-state index contributed by atoms with van der Waals surface area (Å²) in [5.41, 5.74) is 0.810. The van der Waals surface area contributed by atoms with Gasteiger partial charge in [-0.25, -0.2) is 9.97 Å². The number of hydrogen-bond acceptors (Lipinski definition) is 7. The molecule has 2 fully saturated rings. The fourth-order valence-electron chi connectivity index (χ4n) is 3.24. The van der Waals surface area contributed by atoms with E-state index in [2.05, 4.69) is 15.0 Å². The number of rotatable bonds is 3. The molecule has 8 heteroatoms. The Labute approximate surface area is 138 Å². The molecule has 0 saturated carbocycles. The lowest BCUT2D eigenvalue weighted by molar-refractivity contribution is -0.174. The molecule has 24 heavy (non-hydrogen) atoms. The van der Waals surface area contributed by atoms with E-state index < -0.39 is 0 Å². The fourth-order valence-corrected chi connectivity index (χ4v) is 3.24. The van der Waals surface area contributed by atoms with Crippen molar-refractivity contribution in [3.63, 3.8) is 0 Å². The zero-order chi connectivity index (χ0) is 16.6. The molecule has 2 aromatic rings. The van der Waals surface area contributed by atoms with Crippen LogP contribution >= 0.6 is 0 Å². The quantitative estimate of drug-likeness (QED) is 0.836. The van der Waals surface area contributed by atoms with Crippen LogP contribution in [0.4, 0.5) is 0 Å². The number of amides is 1. The Kier molecular flexibility index (Phi) is 3.68. The summed E-state index contributed by atoms with van der Waals surface area (Å²) in [6, 6.07) is 0. The number of ether oxygens (including phenoxy) is 2. The molecule has 8 nitrogen and oxygen atoms in total. The van der Waals surface area contributed by atoms with Crippen LogP contribution in [0.1, 0.15) is 29.0 Å². The van der Waals surface area contributed by atoms with Crippen LogP contribution in [0.3, 0.4) is 0 Å². The lowest BCUT2D eigenvalue weighted by atomic mass is 9.84. The molecular formula is C16H18N4O4. The molecule has 0 radical (unpaired) electrons. The van der Waals surface area contributed by atoms with E-state index in [0.717, 1.165) is 18.5 Å². The van der Waals surface area contributed by atoms with Crippen LogP contribution in [0.25, 0.3) is 0 Å². The molecule has 1 amide bonds. The molecule has 0 bridgehead atoms. The van der Waals surface area contributed by atoms with Crippen molar-refractivity contribution in [2.45, 2.75) is 31.5 Å². The van der Waals surface area contributed by atoms with Crippen LogP contribution < -0.4 is 4.74 Å². The predicted molar refractivity (Wildman–Crippen MR) is 81.5 cm³/mol. The lowest BCUT2D eigenvalue weighted by Gasteiger charge is -2.52. The van der Waals surface area contributed by atoms with E-state index in [1.165, 1.54) is 12.7 Å². The molecule has 1 atom stereocenters. The summed E-state index contributed by atoms with van der Waals surface area (Å²) in [5.74, 6) is 0.400. The first-order valence-corrected chi connectivity index (χ1v) is 7.90. The largest absolute Gasteiger partial charge is 0.473 e. The highest BCUT2D eigenvalue weighted by Crippen LogP contribution is 2.36. The number of oxazole rings is 1. The summed E-state index contributed by atoms with van der Waals surface area (Å²) < 4.78 is 16.7. The van der Waals surface area contributed by atoms with E-state index in [0.29, 0.717) is 31.3 Å². The molecule has 2 aliphatic heterocycles. The third-order valence-electron chi connectivity index (χ3n) is 4.36. The van der Waals surface area contributed by atoms with Crippen molar-refractivity contribution < 1.29 is 18.7 Å². The van der Waals surface area contributed by atoms with Crippen LogP contribution in [0.5, 0.6) is 5.88 Å². The summed E-state index contributed by atoms with van der Waals surface area (Å²) in [4.78, 5) is 26.3. The van der Waals surface area contributed by atoms with Gasteiger partial charge in [0, 0.05) is 19.0 Å². The number of carbonyl (C=O) groups excluding carboxylic acids is 1. The Bertz CT molecular complexity index is 727. The smallest absolute Gasteiger partial charge is 0.276 e. The van der Waals surface area contributed by atoms with Crippen molar-refractivity contribution in [3.05, 3.63) is 36.4 Å². The Hall–Kier alpha value is -2.48. The molecule has 2 saturated heterocycles. The minimum atomic E-state index is -0.334. The number of aromatic nitrogens is 3. The number of nitrogens with zero attached hydrogens (tertiary/aromatic N) is 4. The number of hydrogen-bond donors (Lipinski definition) is 0. The Balaban J connectivity index is 1.37. The van der Waals surface area contributed by atoms with Gasteiger partial charge in [0.2, 0.25) is 5.88 Å². The highest BCUT2D eigenvalue weighted by molar-refractivity contribution is 5.92. The Morgan fingerprint density at radius 2 is 2.29 bits per heavy atom. The van der Waals surface area contributed by atoms with Gasteiger partial charge >= 0.3 is 0 Å². The van der Waals surface area contributed by atoms with Crippen LogP contribution in [0.2, 0.25) is 0 Å². The summed E-state index contributed by atoms with van der Waals surface area (Å²) in [7, 11) is 0. The lowest BCUT2D eigenvalue weighted by Crippen LogP contribution is -2.67. The van der Waals surface area contributed by atoms with E-state index in [9.17, 15) is 4.79 Å². The SMILES string of the molecule is Cc1cncc(OC2CCOC3(C2)CN(C(=O)c2cocn2)C3)n1. The maximum Gasteiger partial charge on any atom is 0.276 e. The summed E-state index contributed by atoms with van der Waals surface area (Å²) in [5, 5.41) is 0. The zero-order valence-electron chi connectivity index (χ0n) is 13.3. The highest BCUT2D eigenvalue weighted by Gasteiger charge is 2.50. The third-order valence-corrected chi connectivity index (χ3v) is 4.36. The van der Waals surface area contributed by atoms with E-state index in [1.54, 1.807) is 17.3 Å². The van der Waals surface area contributed by atoms with Gasteiger partial charge in [-0.15, -0.1) is 0 Å². The van der Waals surface area contributed by atoms with Gasteiger partial charge < -0.3 is 18.8 Å². The molecule has 2 aliphatic rings. The van der Waals surface area contributed by atoms with Crippen molar-refractivity contribution >= 4 is 5.91 Å². The zero-order valence-corrected chi connectivity index (χ0v) is 13.3. The second-order valence-electron chi connectivity index (χ2n) is 6.30. The van der Waals surface area contributed by atoms with E-state index >= 15 is 0 Å². The van der Waals surface area contributed by atoms with Crippen LogP contribution in [0.15, 0.2) is 29.5 Å². The molecule has 4 rings (SSSR count). The average Bonchev–Trinajstić information content (AvgIpc) is 3.06. The van der Waals surface area contributed by atoms with Gasteiger partial charge in [-0.2, -0.15) is 0 Å². The first kappa shape index (κ1) is 15.1. The van der Waals surface area contributed by atoms with Gasteiger partial charge in [0.1, 0.15) is 18.0 Å². The topological polar surface area (TPSA) is 90.6 Å². The van der Waals surface area contributed by atoms with Gasteiger partial charge in [0.05, 0.1) is 31.6 Å². The molecular weight excluding hydrogens is 312 g/mol. The molecule has 0 aromatic carbocycles. The van der Waals surface area contributed by atoms with E-state index in [4.69, 9.17) is 13.9 Å². The third kappa shape index (κ3) is 2.84. The molecule has 4 heterocycles. The Morgan fingerprint density at radius 1 is 1.42 bits per heavy atom. The summed E-state index contributed by atoms with van der Waals surface area (Å²) >= 11 is 0. The van der Waals surface area contributed by atoms with Gasteiger partial charge in [-0.05, 0) is 6.92 Å². The number of aryl methyl sites for hydroxylation is 1. The maximum atomic E-state index is 12.2. The van der Waals surface area contributed by atoms with Gasteiger partial charge in [0.25, 0.3) is 5.91 Å². The number of carbonyl (C=O) groups is 1. The minimum Gasteiger partial charge on any atom is -0.473 e. The molecule has 126 valence electrons.